The number of amides is 1. The molecule has 2 N–H and O–H groups in total. The van der Waals surface area contributed by atoms with E-state index in [4.69, 9.17) is 33.5 Å². The third-order valence-electron chi connectivity index (χ3n) is 4.04. The van der Waals surface area contributed by atoms with Gasteiger partial charge < -0.3 is 38.8 Å². The average Bonchev–Trinajstić information content (AvgIpc) is 2.65. The van der Waals surface area contributed by atoms with Crippen LogP contribution < -0.4 is 5.32 Å². The molecule has 1 aliphatic heterocycles. The Hall–Kier alpha value is -2.77. The van der Waals surface area contributed by atoms with Crippen LogP contribution in [0.2, 0.25) is 0 Å². The minimum absolute atomic E-state index is 0.0140. The smallest absolute Gasteiger partial charge is 0.305 e. The van der Waals surface area contributed by atoms with Gasteiger partial charge in [-0.2, -0.15) is 0 Å². The molecule has 0 aromatic rings. The van der Waals surface area contributed by atoms with Crippen molar-refractivity contribution in [3.8, 4) is 0 Å². The van der Waals surface area contributed by atoms with E-state index in [0.29, 0.717) is 0 Å². The quantitative estimate of drug-likeness (QED) is 0.209. The second-order valence-corrected chi connectivity index (χ2v) is 6.85. The van der Waals surface area contributed by atoms with E-state index in [9.17, 15) is 24.0 Å². The van der Waals surface area contributed by atoms with Gasteiger partial charge in [-0.3, -0.25) is 24.0 Å². The highest BCUT2D eigenvalue weighted by atomic mass is 16.7. The molecule has 1 amide bonds. The van der Waals surface area contributed by atoms with Crippen LogP contribution in [0.25, 0.3) is 0 Å². The molecule has 0 aromatic carbocycles. The Bertz CT molecular complexity index is 681. The van der Waals surface area contributed by atoms with Crippen LogP contribution in [0.5, 0.6) is 0 Å². The van der Waals surface area contributed by atoms with Crippen LogP contribution in [0.4, 0.5) is 0 Å². The van der Waals surface area contributed by atoms with E-state index in [1.54, 1.807) is 0 Å². The van der Waals surface area contributed by atoms with Crippen LogP contribution >= 0.6 is 0 Å². The fourth-order valence-corrected chi connectivity index (χ4v) is 2.92. The molecule has 1 saturated heterocycles. The van der Waals surface area contributed by atoms with Gasteiger partial charge in [-0.1, -0.05) is 0 Å². The molecule has 1 fully saturated rings. The normalized spacial score (nSPS) is 24.8. The highest BCUT2D eigenvalue weighted by Gasteiger charge is 2.51. The molecule has 0 bridgehead atoms. The minimum Gasteiger partial charge on any atom is -0.481 e. The molecule has 0 spiro atoms. The molecule has 32 heavy (non-hydrogen) atoms. The van der Waals surface area contributed by atoms with Gasteiger partial charge in [0.05, 0.1) is 26.2 Å². The second kappa shape index (κ2) is 13.6. The van der Waals surface area contributed by atoms with Gasteiger partial charge in [-0.15, -0.1) is 0 Å². The Morgan fingerprint density at radius 2 is 1.50 bits per heavy atom. The first-order valence-electron chi connectivity index (χ1n) is 9.82. The zero-order chi connectivity index (χ0) is 24.3. The number of carbonyl (C=O) groups is 5. The van der Waals surface area contributed by atoms with Crippen LogP contribution in [0, 0.1) is 0 Å². The monoisotopic (exact) mass is 463 g/mol. The summed E-state index contributed by atoms with van der Waals surface area (Å²) in [4.78, 5) is 56.9. The largest absolute Gasteiger partial charge is 0.481 e. The van der Waals surface area contributed by atoms with Gasteiger partial charge in [0, 0.05) is 27.7 Å². The summed E-state index contributed by atoms with van der Waals surface area (Å²) in [5.41, 5.74) is 0. The summed E-state index contributed by atoms with van der Waals surface area (Å²) in [6, 6.07) is -1.08. The third-order valence-corrected chi connectivity index (χ3v) is 4.04. The molecule has 5 unspecified atom stereocenters. The summed E-state index contributed by atoms with van der Waals surface area (Å²) in [6.45, 7) is 4.26. The maximum absolute atomic E-state index is 11.8. The number of aliphatic carboxylic acids is 1. The van der Waals surface area contributed by atoms with Crippen molar-refractivity contribution in [3.05, 3.63) is 0 Å². The van der Waals surface area contributed by atoms with Crippen molar-refractivity contribution in [1.82, 2.24) is 5.32 Å². The first-order valence-corrected chi connectivity index (χ1v) is 9.82. The summed E-state index contributed by atoms with van der Waals surface area (Å²) in [6.07, 6.45) is -4.88. The molecule has 1 rings (SSSR count). The number of esters is 3. The molecular weight excluding hydrogens is 434 g/mol. The lowest BCUT2D eigenvalue weighted by Crippen LogP contribution is -2.66. The summed E-state index contributed by atoms with van der Waals surface area (Å²) in [7, 11) is 0. The topological polar surface area (TPSA) is 173 Å². The molecule has 13 heteroatoms. The van der Waals surface area contributed by atoms with Crippen LogP contribution in [-0.2, 0) is 52.4 Å². The number of carbonyl (C=O) groups excluding carboxylic acids is 4. The van der Waals surface area contributed by atoms with Gasteiger partial charge in [0.1, 0.15) is 18.8 Å². The molecule has 1 aliphatic rings. The molecule has 0 radical (unpaired) electrons. The van der Waals surface area contributed by atoms with Gasteiger partial charge in [0.15, 0.2) is 18.5 Å². The van der Waals surface area contributed by atoms with Crippen molar-refractivity contribution >= 4 is 29.8 Å². The Morgan fingerprint density at radius 3 is 2.03 bits per heavy atom. The molecule has 0 saturated carbocycles. The molecule has 0 aliphatic carbocycles. The maximum atomic E-state index is 11.8. The highest BCUT2D eigenvalue weighted by molar-refractivity contribution is 5.73. The van der Waals surface area contributed by atoms with Crippen molar-refractivity contribution in [3.63, 3.8) is 0 Å². The fourth-order valence-electron chi connectivity index (χ4n) is 2.92. The zero-order valence-electron chi connectivity index (χ0n) is 18.4. The highest BCUT2D eigenvalue weighted by Crippen LogP contribution is 2.28. The molecule has 1 heterocycles. The SMILES string of the molecule is CC(=O)NC1C(OCCOCCC(=O)O)OC(COC(C)=O)C(OC(C)=O)C1OC(C)=O. The van der Waals surface area contributed by atoms with Crippen molar-refractivity contribution < 1.29 is 57.5 Å². The Kier molecular flexibility index (Phi) is 11.6. The van der Waals surface area contributed by atoms with E-state index in [1.165, 1.54) is 13.8 Å². The van der Waals surface area contributed by atoms with Gasteiger partial charge in [0.2, 0.25) is 5.91 Å². The number of carboxylic acid groups (broad SMARTS) is 1. The van der Waals surface area contributed by atoms with Crippen LogP contribution in [-0.4, -0.2) is 92.0 Å². The van der Waals surface area contributed by atoms with Gasteiger partial charge in [0.25, 0.3) is 0 Å². The van der Waals surface area contributed by atoms with Crippen molar-refractivity contribution in [1.29, 1.82) is 0 Å². The third kappa shape index (κ3) is 10.0. The average molecular weight is 463 g/mol. The van der Waals surface area contributed by atoms with E-state index in [-0.39, 0.29) is 32.8 Å². The Labute approximate surface area is 184 Å². The van der Waals surface area contributed by atoms with Crippen LogP contribution in [0.15, 0.2) is 0 Å². The van der Waals surface area contributed by atoms with E-state index in [1.807, 2.05) is 0 Å². The standard InChI is InChI=1S/C19H29NO12/c1-10(21)20-16-18(31-13(4)24)17(30-12(3)23)14(9-29-11(2)22)32-19(16)28-8-7-27-6-5-15(25)26/h14,16-19H,5-9H2,1-4H3,(H,20,21)(H,25,26). The number of hydrogen-bond acceptors (Lipinski definition) is 11. The first-order chi connectivity index (χ1) is 15.0. The number of carboxylic acids is 1. The molecular formula is C19H29NO12. The van der Waals surface area contributed by atoms with Crippen molar-refractivity contribution in [2.24, 2.45) is 0 Å². The predicted octanol–water partition coefficient (Wildman–Crippen LogP) is -0.850. The first kappa shape index (κ1) is 27.3. The summed E-state index contributed by atoms with van der Waals surface area (Å²) in [5, 5.41) is 11.2. The maximum Gasteiger partial charge on any atom is 0.305 e. The van der Waals surface area contributed by atoms with Crippen molar-refractivity contribution in [2.45, 2.75) is 64.8 Å². The predicted molar refractivity (Wildman–Crippen MR) is 103 cm³/mol. The van der Waals surface area contributed by atoms with E-state index in [0.717, 1.165) is 13.8 Å². The second-order valence-electron chi connectivity index (χ2n) is 6.85. The Morgan fingerprint density at radius 1 is 0.875 bits per heavy atom. The lowest BCUT2D eigenvalue weighted by Gasteiger charge is -2.44. The van der Waals surface area contributed by atoms with Crippen LogP contribution in [0.3, 0.4) is 0 Å². The zero-order valence-corrected chi connectivity index (χ0v) is 18.4. The van der Waals surface area contributed by atoms with Crippen molar-refractivity contribution in [2.75, 3.05) is 26.4 Å². The summed E-state index contributed by atoms with van der Waals surface area (Å²) >= 11 is 0. The number of hydrogen-bond donors (Lipinski definition) is 2. The van der Waals surface area contributed by atoms with E-state index >= 15 is 0 Å². The fraction of sp³-hybridized carbons (Fsp3) is 0.737. The number of nitrogens with one attached hydrogen (secondary N) is 1. The Balaban J connectivity index is 3.05. The summed E-state index contributed by atoms with van der Waals surface area (Å²) < 4.78 is 32.1. The number of rotatable bonds is 12. The minimum atomic E-state index is -1.22. The van der Waals surface area contributed by atoms with Gasteiger partial charge >= 0.3 is 23.9 Å². The molecule has 13 nitrogen and oxygen atoms in total. The van der Waals surface area contributed by atoms with Gasteiger partial charge in [-0.25, -0.2) is 0 Å². The lowest BCUT2D eigenvalue weighted by atomic mass is 9.96. The van der Waals surface area contributed by atoms with Crippen LogP contribution in [0.1, 0.15) is 34.1 Å². The number of ether oxygens (including phenoxy) is 6. The molecule has 5 atom stereocenters. The summed E-state index contributed by atoms with van der Waals surface area (Å²) in [5.74, 6) is -3.56. The molecule has 0 aromatic heterocycles. The van der Waals surface area contributed by atoms with E-state index in [2.05, 4.69) is 5.32 Å². The van der Waals surface area contributed by atoms with Gasteiger partial charge in [-0.05, 0) is 0 Å². The van der Waals surface area contributed by atoms with E-state index < -0.39 is 60.4 Å². The lowest BCUT2D eigenvalue weighted by molar-refractivity contribution is -0.279. The molecule has 182 valence electrons.